The largest absolute Gasteiger partial charge is 0.496 e. The minimum absolute atomic E-state index is 0.0332. The zero-order valence-electron chi connectivity index (χ0n) is 16.7. The number of ether oxygens (including phenoxy) is 1. The highest BCUT2D eigenvalue weighted by molar-refractivity contribution is 6.08. The van der Waals surface area contributed by atoms with E-state index < -0.39 is 0 Å². The molecule has 0 unspecified atom stereocenters. The van der Waals surface area contributed by atoms with Crippen LogP contribution in [0.5, 0.6) is 5.75 Å². The summed E-state index contributed by atoms with van der Waals surface area (Å²) < 4.78 is 5.42. The van der Waals surface area contributed by atoms with Gasteiger partial charge in [-0.25, -0.2) is 0 Å². The van der Waals surface area contributed by atoms with E-state index in [0.29, 0.717) is 38.3 Å². The van der Waals surface area contributed by atoms with Crippen molar-refractivity contribution < 1.29 is 14.3 Å². The lowest BCUT2D eigenvalue weighted by Crippen LogP contribution is -2.51. The average Bonchev–Trinajstić information content (AvgIpc) is 2.73. The smallest absolute Gasteiger partial charge is 0.254 e. The van der Waals surface area contributed by atoms with Crippen molar-refractivity contribution in [1.82, 2.24) is 15.1 Å². The normalized spacial score (nSPS) is 14.9. The Balaban J connectivity index is 1.62. The maximum atomic E-state index is 13.1. The average molecular weight is 383 g/mol. The lowest BCUT2D eigenvalue weighted by Gasteiger charge is -2.34. The molecule has 0 bridgehead atoms. The van der Waals surface area contributed by atoms with Crippen molar-refractivity contribution in [3.8, 4) is 5.75 Å². The van der Waals surface area contributed by atoms with Gasteiger partial charge in [0.05, 0.1) is 13.7 Å². The van der Waals surface area contributed by atoms with Crippen LogP contribution in [-0.4, -0.2) is 68.0 Å². The van der Waals surface area contributed by atoms with E-state index in [1.165, 1.54) is 0 Å². The Morgan fingerprint density at radius 3 is 2.43 bits per heavy atom. The van der Waals surface area contributed by atoms with E-state index in [-0.39, 0.29) is 11.8 Å². The molecule has 0 spiro atoms. The second-order valence-corrected chi connectivity index (χ2v) is 7.13. The van der Waals surface area contributed by atoms with Gasteiger partial charge in [0.1, 0.15) is 5.75 Å². The molecule has 1 saturated heterocycles. The third kappa shape index (κ3) is 4.62. The molecule has 0 aromatic heterocycles. The number of nitrogens with one attached hydrogen (secondary N) is 1. The summed E-state index contributed by atoms with van der Waals surface area (Å²) >= 11 is 0. The number of nitrogens with zero attached hydrogens (tertiary/aromatic N) is 2. The van der Waals surface area contributed by atoms with E-state index in [9.17, 15) is 9.59 Å². The summed E-state index contributed by atoms with van der Waals surface area (Å²) in [6, 6.07) is 11.5. The molecular formula is C22H29N3O3. The third-order valence-electron chi connectivity index (χ3n) is 5.21. The van der Waals surface area contributed by atoms with Crippen LogP contribution in [0.15, 0.2) is 36.4 Å². The highest BCUT2D eigenvalue weighted by Crippen LogP contribution is 2.29. The van der Waals surface area contributed by atoms with Gasteiger partial charge in [-0.2, -0.15) is 0 Å². The highest BCUT2D eigenvalue weighted by atomic mass is 16.5. The lowest BCUT2D eigenvalue weighted by atomic mass is 10.0. The van der Waals surface area contributed by atoms with Gasteiger partial charge in [0.15, 0.2) is 0 Å². The molecule has 1 heterocycles. The number of hydrogen-bond donors (Lipinski definition) is 1. The number of carbonyl (C=O) groups excluding carboxylic acids is 2. The molecule has 2 aromatic carbocycles. The Hall–Kier alpha value is -2.60. The first kappa shape index (κ1) is 20.1. The molecule has 3 rings (SSSR count). The minimum atomic E-state index is 0.0332. The van der Waals surface area contributed by atoms with E-state index in [4.69, 9.17) is 4.74 Å². The molecule has 6 nitrogen and oxygen atoms in total. The van der Waals surface area contributed by atoms with E-state index >= 15 is 0 Å². The number of hydrogen-bond acceptors (Lipinski definition) is 4. The quantitative estimate of drug-likeness (QED) is 0.747. The minimum Gasteiger partial charge on any atom is -0.496 e. The fourth-order valence-corrected chi connectivity index (χ4v) is 3.58. The number of carbonyl (C=O) groups is 2. The van der Waals surface area contributed by atoms with E-state index in [1.54, 1.807) is 7.11 Å². The van der Waals surface area contributed by atoms with Gasteiger partial charge in [0.25, 0.3) is 5.91 Å². The van der Waals surface area contributed by atoms with Crippen molar-refractivity contribution in [2.24, 2.45) is 0 Å². The van der Waals surface area contributed by atoms with Crippen molar-refractivity contribution in [3.05, 3.63) is 42.0 Å². The maximum absolute atomic E-state index is 13.1. The lowest BCUT2D eigenvalue weighted by molar-refractivity contribution is -0.122. The summed E-state index contributed by atoms with van der Waals surface area (Å²) in [5, 5.41) is 4.80. The summed E-state index contributed by atoms with van der Waals surface area (Å²) in [7, 11) is 1.64. The second-order valence-electron chi connectivity index (χ2n) is 7.13. The number of piperazine rings is 1. The molecular weight excluding hydrogens is 354 g/mol. The molecule has 2 amide bonds. The third-order valence-corrected chi connectivity index (χ3v) is 5.21. The first-order valence-corrected chi connectivity index (χ1v) is 9.98. The van der Waals surface area contributed by atoms with Gasteiger partial charge >= 0.3 is 0 Å². The van der Waals surface area contributed by atoms with Gasteiger partial charge in [-0.05, 0) is 23.9 Å². The molecule has 28 heavy (non-hydrogen) atoms. The summed E-state index contributed by atoms with van der Waals surface area (Å²) in [5.41, 5.74) is 0.696. The molecule has 150 valence electrons. The molecule has 0 radical (unpaired) electrons. The fraction of sp³-hybridized carbons (Fsp3) is 0.455. The summed E-state index contributed by atoms with van der Waals surface area (Å²) in [4.78, 5) is 29.1. The molecule has 1 fully saturated rings. The predicted octanol–water partition coefficient (Wildman–Crippen LogP) is 2.52. The second kappa shape index (κ2) is 9.55. The van der Waals surface area contributed by atoms with Crippen LogP contribution in [-0.2, 0) is 4.79 Å². The van der Waals surface area contributed by atoms with Gasteiger partial charge in [0.2, 0.25) is 5.91 Å². The maximum Gasteiger partial charge on any atom is 0.254 e. The molecule has 1 aliphatic rings. The van der Waals surface area contributed by atoms with Gasteiger partial charge in [-0.3, -0.25) is 14.5 Å². The molecule has 0 aliphatic carbocycles. The van der Waals surface area contributed by atoms with Crippen molar-refractivity contribution in [1.29, 1.82) is 0 Å². The van der Waals surface area contributed by atoms with E-state index in [0.717, 1.165) is 35.9 Å². The zero-order valence-corrected chi connectivity index (χ0v) is 16.7. The van der Waals surface area contributed by atoms with Crippen molar-refractivity contribution >= 4 is 22.6 Å². The Labute approximate surface area is 166 Å². The molecule has 1 N–H and O–H groups in total. The number of unbranched alkanes of at least 4 members (excludes halogenated alkanes) is 1. The number of fused-ring (bicyclic) bond motifs is 1. The monoisotopic (exact) mass is 383 g/mol. The van der Waals surface area contributed by atoms with Gasteiger partial charge < -0.3 is 15.0 Å². The first-order valence-electron chi connectivity index (χ1n) is 9.98. The Morgan fingerprint density at radius 1 is 1.04 bits per heavy atom. The Morgan fingerprint density at radius 2 is 1.75 bits per heavy atom. The van der Waals surface area contributed by atoms with Crippen LogP contribution in [0, 0.1) is 0 Å². The predicted molar refractivity (Wildman–Crippen MR) is 111 cm³/mol. The van der Waals surface area contributed by atoms with Crippen molar-refractivity contribution in [2.45, 2.75) is 19.8 Å². The first-order chi connectivity index (χ1) is 13.6. The van der Waals surface area contributed by atoms with Gasteiger partial charge in [0, 0.05) is 43.7 Å². The molecule has 2 aromatic rings. The molecule has 0 saturated carbocycles. The highest BCUT2D eigenvalue weighted by Gasteiger charge is 2.24. The van der Waals surface area contributed by atoms with Crippen LogP contribution >= 0.6 is 0 Å². The number of rotatable bonds is 7. The van der Waals surface area contributed by atoms with Crippen LogP contribution in [0.1, 0.15) is 30.1 Å². The van der Waals surface area contributed by atoms with E-state index in [2.05, 4.69) is 17.1 Å². The van der Waals surface area contributed by atoms with Gasteiger partial charge in [-0.1, -0.05) is 37.6 Å². The van der Waals surface area contributed by atoms with E-state index in [1.807, 2.05) is 41.3 Å². The van der Waals surface area contributed by atoms with Crippen LogP contribution in [0.4, 0.5) is 0 Å². The zero-order chi connectivity index (χ0) is 19.9. The Kier molecular flexibility index (Phi) is 6.87. The summed E-state index contributed by atoms with van der Waals surface area (Å²) in [6.45, 7) is 5.91. The van der Waals surface area contributed by atoms with Crippen molar-refractivity contribution in [2.75, 3.05) is 46.4 Å². The summed E-state index contributed by atoms with van der Waals surface area (Å²) in [6.07, 6.45) is 2.07. The Bertz CT molecular complexity index is 829. The SMILES string of the molecule is CCCCNC(=O)CN1CCN(C(=O)c2ccc(OC)c3ccccc23)CC1. The fourth-order valence-electron chi connectivity index (χ4n) is 3.58. The number of amides is 2. The molecule has 1 aliphatic heterocycles. The van der Waals surface area contributed by atoms with Crippen LogP contribution in [0.3, 0.4) is 0 Å². The topological polar surface area (TPSA) is 61.9 Å². The van der Waals surface area contributed by atoms with Crippen LogP contribution in [0.25, 0.3) is 10.8 Å². The van der Waals surface area contributed by atoms with Gasteiger partial charge in [-0.15, -0.1) is 0 Å². The summed E-state index contributed by atoms with van der Waals surface area (Å²) in [5.74, 6) is 0.867. The number of methoxy groups -OCH3 is 1. The number of benzene rings is 2. The standard InChI is InChI=1S/C22H29N3O3/c1-3-4-11-23-21(26)16-24-12-14-25(15-13-24)22(27)19-9-10-20(28-2)18-8-6-5-7-17(18)19/h5-10H,3-4,11-16H2,1-2H3,(H,23,26). The van der Waals surface area contributed by atoms with Crippen LogP contribution in [0.2, 0.25) is 0 Å². The van der Waals surface area contributed by atoms with Crippen molar-refractivity contribution in [3.63, 3.8) is 0 Å². The molecule has 6 heteroatoms. The van der Waals surface area contributed by atoms with Crippen LogP contribution < -0.4 is 10.1 Å². The molecule has 0 atom stereocenters.